The van der Waals surface area contributed by atoms with Crippen molar-refractivity contribution in [2.24, 2.45) is 0 Å². The van der Waals surface area contributed by atoms with Crippen LogP contribution in [0.4, 0.5) is 0 Å². The highest BCUT2D eigenvalue weighted by Crippen LogP contribution is 2.34. The van der Waals surface area contributed by atoms with Crippen LogP contribution in [0.25, 0.3) is 31.1 Å². The third kappa shape index (κ3) is 1.24. The molecule has 0 atom stereocenters. The molecular formula is C13H7N3S. The molecule has 4 rings (SSSR count). The van der Waals surface area contributed by atoms with Gasteiger partial charge in [0, 0.05) is 39.4 Å². The van der Waals surface area contributed by atoms with E-state index in [9.17, 15) is 0 Å². The molecule has 1 aromatic carbocycles. The lowest BCUT2D eigenvalue weighted by molar-refractivity contribution is 1.22. The fourth-order valence-electron chi connectivity index (χ4n) is 2.11. The first-order valence-corrected chi connectivity index (χ1v) is 6.09. The maximum absolute atomic E-state index is 4.30. The van der Waals surface area contributed by atoms with E-state index in [-0.39, 0.29) is 0 Å². The van der Waals surface area contributed by atoms with Gasteiger partial charge in [-0.1, -0.05) is 0 Å². The number of thiophene rings is 1. The van der Waals surface area contributed by atoms with Crippen molar-refractivity contribution in [3.05, 3.63) is 43.1 Å². The summed E-state index contributed by atoms with van der Waals surface area (Å²) in [6.07, 6.45) is 7.18. The Morgan fingerprint density at radius 3 is 2.94 bits per heavy atom. The number of fused-ring (bicyclic) bond motifs is 4. The molecule has 0 aliphatic carbocycles. The Bertz CT molecular complexity index is 845. The zero-order valence-electron chi connectivity index (χ0n) is 8.79. The van der Waals surface area contributed by atoms with Crippen LogP contribution in [0.3, 0.4) is 0 Å². The van der Waals surface area contributed by atoms with E-state index in [1.807, 2.05) is 18.6 Å². The topological polar surface area (TPSA) is 38.7 Å². The minimum Gasteiger partial charge on any atom is -0.263 e. The van der Waals surface area contributed by atoms with Crippen molar-refractivity contribution in [3.63, 3.8) is 0 Å². The van der Waals surface area contributed by atoms with Gasteiger partial charge in [-0.05, 0) is 18.2 Å². The van der Waals surface area contributed by atoms with Gasteiger partial charge >= 0.3 is 0 Å². The Morgan fingerprint density at radius 1 is 0.941 bits per heavy atom. The minimum atomic E-state index is 0.990. The van der Waals surface area contributed by atoms with Crippen molar-refractivity contribution >= 4 is 42.4 Å². The molecule has 3 nitrogen and oxygen atoms in total. The smallest absolute Gasteiger partial charge is 0.116 e. The van der Waals surface area contributed by atoms with Crippen LogP contribution >= 0.6 is 11.3 Å². The molecule has 80 valence electrons. The van der Waals surface area contributed by atoms with Gasteiger partial charge in [0.05, 0.1) is 10.2 Å². The van der Waals surface area contributed by atoms with Crippen molar-refractivity contribution < 1.29 is 0 Å². The Kier molecular flexibility index (Phi) is 1.70. The average molecular weight is 237 g/mol. The number of hydrogen-bond donors (Lipinski definition) is 0. The lowest BCUT2D eigenvalue weighted by Crippen LogP contribution is -1.79. The molecule has 17 heavy (non-hydrogen) atoms. The van der Waals surface area contributed by atoms with Crippen molar-refractivity contribution in [1.82, 2.24) is 15.0 Å². The van der Waals surface area contributed by atoms with E-state index >= 15 is 0 Å². The number of benzene rings is 1. The molecule has 0 fully saturated rings. The van der Waals surface area contributed by atoms with Crippen molar-refractivity contribution in [2.45, 2.75) is 0 Å². The van der Waals surface area contributed by atoms with E-state index in [0.29, 0.717) is 0 Å². The van der Waals surface area contributed by atoms with Crippen LogP contribution in [0.1, 0.15) is 0 Å². The van der Waals surface area contributed by atoms with Crippen LogP contribution in [0.15, 0.2) is 43.1 Å². The largest absolute Gasteiger partial charge is 0.263 e. The number of nitrogens with zero attached hydrogens (tertiary/aromatic N) is 3. The van der Waals surface area contributed by atoms with Gasteiger partial charge in [-0.15, -0.1) is 11.3 Å². The summed E-state index contributed by atoms with van der Waals surface area (Å²) in [6, 6.07) is 6.34. The van der Waals surface area contributed by atoms with Crippen molar-refractivity contribution in [2.75, 3.05) is 0 Å². The summed E-state index contributed by atoms with van der Waals surface area (Å²) >= 11 is 1.76. The van der Waals surface area contributed by atoms with E-state index < -0.39 is 0 Å². The second-order valence-electron chi connectivity index (χ2n) is 3.90. The first-order valence-electron chi connectivity index (χ1n) is 5.28. The van der Waals surface area contributed by atoms with Gasteiger partial charge in [-0.3, -0.25) is 4.98 Å². The van der Waals surface area contributed by atoms with Gasteiger partial charge in [0.1, 0.15) is 6.33 Å². The molecule has 0 bridgehead atoms. The first kappa shape index (κ1) is 9.01. The summed E-state index contributed by atoms with van der Waals surface area (Å²) in [5.74, 6) is 0. The molecular weight excluding hydrogens is 230 g/mol. The molecule has 0 amide bonds. The molecule has 0 spiro atoms. The SMILES string of the molecule is c1cc2c(cn1)sc1cc3cncnc3cc12. The third-order valence-corrected chi connectivity index (χ3v) is 4.00. The van der Waals surface area contributed by atoms with E-state index in [1.54, 1.807) is 17.7 Å². The number of aromatic nitrogens is 3. The summed E-state index contributed by atoms with van der Waals surface area (Å²) in [5.41, 5.74) is 0.990. The highest BCUT2D eigenvalue weighted by Gasteiger charge is 2.06. The van der Waals surface area contributed by atoms with Crippen LogP contribution in [0.2, 0.25) is 0 Å². The highest BCUT2D eigenvalue weighted by molar-refractivity contribution is 7.25. The van der Waals surface area contributed by atoms with Crippen LogP contribution in [0, 0.1) is 0 Å². The Morgan fingerprint density at radius 2 is 1.94 bits per heavy atom. The van der Waals surface area contributed by atoms with Gasteiger partial charge in [0.2, 0.25) is 0 Å². The van der Waals surface area contributed by atoms with Crippen LogP contribution < -0.4 is 0 Å². The maximum Gasteiger partial charge on any atom is 0.116 e. The first-order chi connectivity index (χ1) is 8.42. The monoisotopic (exact) mass is 237 g/mol. The minimum absolute atomic E-state index is 0.990. The molecule has 3 aromatic heterocycles. The molecule has 0 unspecified atom stereocenters. The molecule has 0 N–H and O–H groups in total. The van der Waals surface area contributed by atoms with Crippen LogP contribution in [0.5, 0.6) is 0 Å². The van der Waals surface area contributed by atoms with Gasteiger partial charge in [0.15, 0.2) is 0 Å². The van der Waals surface area contributed by atoms with Gasteiger partial charge in [0.25, 0.3) is 0 Å². The Hall–Kier alpha value is -2.07. The van der Waals surface area contributed by atoms with Gasteiger partial charge < -0.3 is 0 Å². The zero-order valence-corrected chi connectivity index (χ0v) is 9.61. The van der Waals surface area contributed by atoms with E-state index in [0.717, 1.165) is 10.9 Å². The fourth-order valence-corrected chi connectivity index (χ4v) is 3.21. The second-order valence-corrected chi connectivity index (χ2v) is 4.99. The molecule has 0 radical (unpaired) electrons. The summed E-state index contributed by atoms with van der Waals surface area (Å²) in [5, 5.41) is 3.58. The number of pyridine rings is 1. The number of hydrogen-bond acceptors (Lipinski definition) is 4. The summed E-state index contributed by atoms with van der Waals surface area (Å²) in [6.45, 7) is 0. The predicted molar refractivity (Wildman–Crippen MR) is 70.2 cm³/mol. The van der Waals surface area contributed by atoms with Crippen LogP contribution in [-0.4, -0.2) is 15.0 Å². The molecule has 3 heterocycles. The van der Waals surface area contributed by atoms with E-state index in [2.05, 4.69) is 33.2 Å². The van der Waals surface area contributed by atoms with E-state index in [1.165, 1.54) is 20.2 Å². The van der Waals surface area contributed by atoms with Crippen LogP contribution in [-0.2, 0) is 0 Å². The predicted octanol–water partition coefficient (Wildman–Crippen LogP) is 3.39. The Labute approximate surface area is 101 Å². The summed E-state index contributed by atoms with van der Waals surface area (Å²) in [7, 11) is 0. The van der Waals surface area contributed by atoms with E-state index in [4.69, 9.17) is 0 Å². The maximum atomic E-state index is 4.30. The fraction of sp³-hybridized carbons (Fsp3) is 0. The summed E-state index contributed by atoms with van der Waals surface area (Å²) < 4.78 is 2.47. The molecule has 0 saturated heterocycles. The number of rotatable bonds is 0. The molecule has 4 heteroatoms. The molecule has 0 aliphatic rings. The van der Waals surface area contributed by atoms with Gasteiger partial charge in [-0.2, -0.15) is 0 Å². The molecule has 0 saturated carbocycles. The molecule has 4 aromatic rings. The van der Waals surface area contributed by atoms with Gasteiger partial charge in [-0.25, -0.2) is 9.97 Å². The summed E-state index contributed by atoms with van der Waals surface area (Å²) in [4.78, 5) is 12.5. The van der Waals surface area contributed by atoms with Crippen molar-refractivity contribution in [3.8, 4) is 0 Å². The lowest BCUT2D eigenvalue weighted by Gasteiger charge is -1.96. The standard InChI is InChI=1S/C13H7N3S/c1-2-14-6-13-9(1)10-4-11-8(3-12(10)17-13)5-15-7-16-11/h1-7H. The lowest BCUT2D eigenvalue weighted by atomic mass is 10.1. The third-order valence-electron chi connectivity index (χ3n) is 2.90. The molecule has 0 aliphatic heterocycles. The average Bonchev–Trinajstić information content (AvgIpc) is 2.73. The quantitative estimate of drug-likeness (QED) is 0.470. The van der Waals surface area contributed by atoms with Crippen molar-refractivity contribution in [1.29, 1.82) is 0 Å². The second kappa shape index (κ2) is 3.21. The zero-order chi connectivity index (χ0) is 11.2. The normalized spacial score (nSPS) is 11.5. The Balaban J connectivity index is 2.28. The highest BCUT2D eigenvalue weighted by atomic mass is 32.1.